The van der Waals surface area contributed by atoms with Gasteiger partial charge in [0.25, 0.3) is 0 Å². The normalized spacial score (nSPS) is 44.1. The van der Waals surface area contributed by atoms with Gasteiger partial charge in [-0.1, -0.05) is 6.92 Å². The van der Waals surface area contributed by atoms with Gasteiger partial charge in [0.1, 0.15) is 0 Å². The third-order valence-corrected chi connectivity index (χ3v) is 4.79. The Bertz CT molecular complexity index is 246. The molecular formula is C14H28N2O. The summed E-state index contributed by atoms with van der Waals surface area (Å²) in [5, 5.41) is 3.87. The minimum absolute atomic E-state index is 0.442. The monoisotopic (exact) mass is 240 g/mol. The van der Waals surface area contributed by atoms with E-state index in [2.05, 4.69) is 31.1 Å². The molecule has 0 spiro atoms. The van der Waals surface area contributed by atoms with Gasteiger partial charge in [-0.15, -0.1) is 0 Å². The van der Waals surface area contributed by atoms with Gasteiger partial charge < -0.3 is 15.0 Å². The van der Waals surface area contributed by atoms with Crippen LogP contribution in [0.1, 0.15) is 39.5 Å². The van der Waals surface area contributed by atoms with Crippen LogP contribution in [0.3, 0.4) is 0 Å². The smallest absolute Gasteiger partial charge is 0.0724 e. The molecule has 1 saturated carbocycles. The molecule has 17 heavy (non-hydrogen) atoms. The summed E-state index contributed by atoms with van der Waals surface area (Å²) in [5.74, 6) is 0.745. The molecule has 5 unspecified atom stereocenters. The van der Waals surface area contributed by atoms with E-state index in [9.17, 15) is 0 Å². The number of nitrogens with one attached hydrogen (secondary N) is 1. The zero-order chi connectivity index (χ0) is 12.4. The van der Waals surface area contributed by atoms with Gasteiger partial charge in [0.2, 0.25) is 0 Å². The lowest BCUT2D eigenvalue weighted by atomic mass is 9.89. The summed E-state index contributed by atoms with van der Waals surface area (Å²) in [5.41, 5.74) is 0. The van der Waals surface area contributed by atoms with Crippen molar-refractivity contribution in [3.05, 3.63) is 0 Å². The summed E-state index contributed by atoms with van der Waals surface area (Å²) in [4.78, 5) is 2.48. The van der Waals surface area contributed by atoms with E-state index in [1.54, 1.807) is 0 Å². The average molecular weight is 240 g/mol. The highest BCUT2D eigenvalue weighted by molar-refractivity contribution is 4.92. The Labute approximate surface area is 106 Å². The SMILES string of the molecule is COC1CCCC1NC1CC(C)N(C)CC1C. The quantitative estimate of drug-likeness (QED) is 0.815. The molecule has 3 nitrogen and oxygen atoms in total. The zero-order valence-corrected chi connectivity index (χ0v) is 11.8. The lowest BCUT2D eigenvalue weighted by molar-refractivity contribution is 0.0618. The molecule has 2 rings (SSSR count). The molecule has 0 bridgehead atoms. The summed E-state index contributed by atoms with van der Waals surface area (Å²) < 4.78 is 5.58. The van der Waals surface area contributed by atoms with Gasteiger partial charge in [-0.25, -0.2) is 0 Å². The standard InChI is InChI=1S/C14H28N2O/c1-10-9-16(3)11(2)8-13(10)15-12-6-5-7-14(12)17-4/h10-15H,5-9H2,1-4H3. The number of rotatable bonds is 3. The number of piperidine rings is 1. The second-order valence-corrected chi connectivity index (χ2v) is 6.09. The molecule has 3 heteroatoms. The molecule has 1 heterocycles. The highest BCUT2D eigenvalue weighted by atomic mass is 16.5. The highest BCUT2D eigenvalue weighted by Gasteiger charge is 2.34. The molecule has 2 aliphatic rings. The predicted molar refractivity (Wildman–Crippen MR) is 71.2 cm³/mol. The van der Waals surface area contributed by atoms with Gasteiger partial charge in [0.05, 0.1) is 6.10 Å². The van der Waals surface area contributed by atoms with Crippen LogP contribution in [-0.2, 0) is 4.74 Å². The maximum absolute atomic E-state index is 5.58. The summed E-state index contributed by atoms with van der Waals surface area (Å²) in [7, 11) is 4.09. The maximum Gasteiger partial charge on any atom is 0.0724 e. The van der Waals surface area contributed by atoms with E-state index in [-0.39, 0.29) is 0 Å². The largest absolute Gasteiger partial charge is 0.380 e. The van der Waals surface area contributed by atoms with Gasteiger partial charge in [-0.2, -0.15) is 0 Å². The third kappa shape index (κ3) is 3.01. The first-order valence-corrected chi connectivity index (χ1v) is 7.11. The number of likely N-dealkylation sites (tertiary alicyclic amines) is 1. The van der Waals surface area contributed by atoms with Crippen LogP contribution in [-0.4, -0.2) is 49.8 Å². The molecule has 0 aromatic carbocycles. The van der Waals surface area contributed by atoms with E-state index in [1.165, 1.54) is 32.2 Å². The molecular weight excluding hydrogens is 212 g/mol. The number of hydrogen-bond acceptors (Lipinski definition) is 3. The molecule has 2 fully saturated rings. The fourth-order valence-electron chi connectivity index (χ4n) is 3.45. The van der Waals surface area contributed by atoms with E-state index in [4.69, 9.17) is 4.74 Å². The first kappa shape index (κ1) is 13.3. The molecule has 100 valence electrons. The number of methoxy groups -OCH3 is 1. The van der Waals surface area contributed by atoms with Crippen molar-refractivity contribution in [3.63, 3.8) is 0 Å². The van der Waals surface area contributed by atoms with Crippen molar-refractivity contribution in [1.82, 2.24) is 10.2 Å². The minimum atomic E-state index is 0.442. The van der Waals surface area contributed by atoms with Crippen LogP contribution in [0.2, 0.25) is 0 Å². The van der Waals surface area contributed by atoms with Crippen LogP contribution in [0.25, 0.3) is 0 Å². The van der Waals surface area contributed by atoms with Gasteiger partial charge in [0.15, 0.2) is 0 Å². The fourth-order valence-corrected chi connectivity index (χ4v) is 3.45. The van der Waals surface area contributed by atoms with Gasteiger partial charge >= 0.3 is 0 Å². The second kappa shape index (κ2) is 5.68. The maximum atomic E-state index is 5.58. The predicted octanol–water partition coefficient (Wildman–Crippen LogP) is 1.87. The van der Waals surface area contributed by atoms with E-state index < -0.39 is 0 Å². The Morgan fingerprint density at radius 2 is 1.94 bits per heavy atom. The number of hydrogen-bond donors (Lipinski definition) is 1. The number of ether oxygens (including phenoxy) is 1. The van der Waals surface area contributed by atoms with Crippen molar-refractivity contribution in [2.45, 2.75) is 63.8 Å². The molecule has 5 atom stereocenters. The number of nitrogens with zero attached hydrogens (tertiary/aromatic N) is 1. The Morgan fingerprint density at radius 1 is 1.18 bits per heavy atom. The van der Waals surface area contributed by atoms with Crippen molar-refractivity contribution >= 4 is 0 Å². The Balaban J connectivity index is 1.89. The summed E-state index contributed by atoms with van der Waals surface area (Å²) >= 11 is 0. The van der Waals surface area contributed by atoms with Crippen molar-refractivity contribution < 1.29 is 4.74 Å². The van der Waals surface area contributed by atoms with Crippen LogP contribution >= 0.6 is 0 Å². The van der Waals surface area contributed by atoms with E-state index in [0.29, 0.717) is 24.2 Å². The molecule has 0 amide bonds. The molecule has 1 aliphatic heterocycles. The molecule has 1 N–H and O–H groups in total. The van der Waals surface area contributed by atoms with E-state index in [1.807, 2.05) is 7.11 Å². The summed E-state index contributed by atoms with van der Waals surface area (Å²) in [6.07, 6.45) is 5.53. The van der Waals surface area contributed by atoms with Crippen molar-refractivity contribution in [2.75, 3.05) is 20.7 Å². The molecule has 0 aromatic heterocycles. The molecule has 1 aliphatic carbocycles. The molecule has 0 radical (unpaired) electrons. The second-order valence-electron chi connectivity index (χ2n) is 6.09. The average Bonchev–Trinajstić information content (AvgIpc) is 2.73. The van der Waals surface area contributed by atoms with Gasteiger partial charge in [-0.3, -0.25) is 0 Å². The van der Waals surface area contributed by atoms with Crippen LogP contribution in [0.4, 0.5) is 0 Å². The van der Waals surface area contributed by atoms with E-state index >= 15 is 0 Å². The lowest BCUT2D eigenvalue weighted by Gasteiger charge is -2.41. The first-order chi connectivity index (χ1) is 8.11. The van der Waals surface area contributed by atoms with Crippen molar-refractivity contribution in [2.24, 2.45) is 5.92 Å². The summed E-state index contributed by atoms with van der Waals surface area (Å²) in [6, 6.07) is 1.95. The molecule has 1 saturated heterocycles. The summed E-state index contributed by atoms with van der Waals surface area (Å²) in [6.45, 7) is 5.92. The van der Waals surface area contributed by atoms with Crippen LogP contribution in [0.15, 0.2) is 0 Å². The first-order valence-electron chi connectivity index (χ1n) is 7.11. The Kier molecular flexibility index (Phi) is 4.45. The van der Waals surface area contributed by atoms with Crippen molar-refractivity contribution in [3.8, 4) is 0 Å². The van der Waals surface area contributed by atoms with Gasteiger partial charge in [-0.05, 0) is 45.6 Å². The Morgan fingerprint density at radius 3 is 2.65 bits per heavy atom. The zero-order valence-electron chi connectivity index (χ0n) is 11.8. The fraction of sp³-hybridized carbons (Fsp3) is 1.00. The topological polar surface area (TPSA) is 24.5 Å². The van der Waals surface area contributed by atoms with Crippen LogP contribution < -0.4 is 5.32 Å². The Hall–Kier alpha value is -0.120. The van der Waals surface area contributed by atoms with Crippen molar-refractivity contribution in [1.29, 1.82) is 0 Å². The van der Waals surface area contributed by atoms with Gasteiger partial charge in [0, 0.05) is 31.8 Å². The minimum Gasteiger partial charge on any atom is -0.380 e. The lowest BCUT2D eigenvalue weighted by Crippen LogP contribution is -2.54. The highest BCUT2D eigenvalue weighted by Crippen LogP contribution is 2.26. The third-order valence-electron chi connectivity index (χ3n) is 4.79. The van der Waals surface area contributed by atoms with Crippen LogP contribution in [0.5, 0.6) is 0 Å². The van der Waals surface area contributed by atoms with Crippen LogP contribution in [0, 0.1) is 5.92 Å². The molecule has 0 aromatic rings. The van der Waals surface area contributed by atoms with E-state index in [0.717, 1.165) is 5.92 Å².